The number of halogens is 1. The maximum absolute atomic E-state index is 13.9. The van der Waals surface area contributed by atoms with Crippen LogP contribution in [0.15, 0.2) is 11.4 Å². The van der Waals surface area contributed by atoms with Crippen LogP contribution in [0.3, 0.4) is 0 Å². The van der Waals surface area contributed by atoms with E-state index in [9.17, 15) is 14.0 Å². The fourth-order valence-corrected chi connectivity index (χ4v) is 3.97. The van der Waals surface area contributed by atoms with Crippen molar-refractivity contribution in [3.63, 3.8) is 0 Å². The van der Waals surface area contributed by atoms with Crippen molar-refractivity contribution in [1.82, 2.24) is 10.3 Å². The van der Waals surface area contributed by atoms with E-state index in [1.807, 2.05) is 20.8 Å². The van der Waals surface area contributed by atoms with E-state index in [0.717, 1.165) is 4.70 Å². The first-order valence-electron chi connectivity index (χ1n) is 8.77. The van der Waals surface area contributed by atoms with Gasteiger partial charge in [0.2, 0.25) is 5.88 Å². The van der Waals surface area contributed by atoms with Gasteiger partial charge in [-0.1, -0.05) is 6.92 Å². The molecule has 9 heteroatoms. The number of pyridine rings is 1. The standard InChI is InChI=1S/C18H22FN3O4S/c1-4-9-11(21-17(24)14(9)19)6-25-12-7-27-13-5-10(16(20)23)18(22-15(12)13)26-8(2)3/h5,7-9,11,14H,4,6H2,1-3H3,(H2,20,23)(H,21,24)/t9-,11+,14-/m0/s1. The van der Waals surface area contributed by atoms with Crippen molar-refractivity contribution >= 4 is 33.4 Å². The van der Waals surface area contributed by atoms with E-state index >= 15 is 0 Å². The molecule has 1 fully saturated rings. The van der Waals surface area contributed by atoms with E-state index in [1.54, 1.807) is 11.4 Å². The summed E-state index contributed by atoms with van der Waals surface area (Å²) in [5.41, 5.74) is 6.17. The molecule has 0 unspecified atom stereocenters. The van der Waals surface area contributed by atoms with Crippen molar-refractivity contribution in [2.75, 3.05) is 6.61 Å². The van der Waals surface area contributed by atoms with Crippen LogP contribution in [0.25, 0.3) is 10.2 Å². The second-order valence-electron chi connectivity index (χ2n) is 6.72. The van der Waals surface area contributed by atoms with E-state index < -0.39 is 29.9 Å². The second-order valence-corrected chi connectivity index (χ2v) is 7.63. The van der Waals surface area contributed by atoms with Crippen molar-refractivity contribution in [3.8, 4) is 11.6 Å². The van der Waals surface area contributed by atoms with Crippen LogP contribution in [0, 0.1) is 5.92 Å². The lowest BCUT2D eigenvalue weighted by molar-refractivity contribution is -0.123. The van der Waals surface area contributed by atoms with Crippen LogP contribution in [0.4, 0.5) is 4.39 Å². The maximum Gasteiger partial charge on any atom is 0.255 e. The number of aromatic nitrogens is 1. The highest BCUT2D eigenvalue weighted by molar-refractivity contribution is 7.17. The van der Waals surface area contributed by atoms with E-state index in [0.29, 0.717) is 17.7 Å². The maximum atomic E-state index is 13.9. The molecule has 0 aromatic carbocycles. The number of ether oxygens (including phenoxy) is 2. The number of rotatable bonds is 7. The molecular formula is C18H22FN3O4S. The summed E-state index contributed by atoms with van der Waals surface area (Å²) in [5.74, 6) is -0.993. The minimum Gasteiger partial charge on any atom is -0.488 e. The summed E-state index contributed by atoms with van der Waals surface area (Å²) in [6.45, 7) is 5.62. The highest BCUT2D eigenvalue weighted by atomic mass is 32.1. The van der Waals surface area contributed by atoms with Crippen LogP contribution in [0.1, 0.15) is 37.6 Å². The van der Waals surface area contributed by atoms with Crippen molar-refractivity contribution in [2.24, 2.45) is 11.7 Å². The number of thiophene rings is 1. The van der Waals surface area contributed by atoms with Gasteiger partial charge in [0.1, 0.15) is 17.7 Å². The van der Waals surface area contributed by atoms with Gasteiger partial charge in [-0.2, -0.15) is 0 Å². The summed E-state index contributed by atoms with van der Waals surface area (Å²) in [6.07, 6.45) is -1.16. The summed E-state index contributed by atoms with van der Waals surface area (Å²) in [7, 11) is 0. The SMILES string of the molecule is CC[C@@H]1[C@H](F)C(=O)N[C@@H]1COc1csc2cc(C(N)=O)c(OC(C)C)nc12. The van der Waals surface area contributed by atoms with Gasteiger partial charge in [0.05, 0.1) is 16.8 Å². The third-order valence-corrected chi connectivity index (χ3v) is 5.35. The molecule has 3 heterocycles. The van der Waals surface area contributed by atoms with Gasteiger partial charge in [0.25, 0.3) is 11.8 Å². The molecule has 0 saturated carbocycles. The van der Waals surface area contributed by atoms with Gasteiger partial charge in [0.15, 0.2) is 11.9 Å². The Bertz CT molecular complexity index is 870. The lowest BCUT2D eigenvalue weighted by Crippen LogP contribution is -2.34. The highest BCUT2D eigenvalue weighted by Gasteiger charge is 2.41. The van der Waals surface area contributed by atoms with Crippen molar-refractivity contribution in [3.05, 3.63) is 17.0 Å². The average Bonchev–Trinajstić information content (AvgIpc) is 3.12. The molecule has 3 N–H and O–H groups in total. The van der Waals surface area contributed by atoms with Crippen LogP contribution >= 0.6 is 11.3 Å². The Labute approximate surface area is 160 Å². The number of hydrogen-bond acceptors (Lipinski definition) is 6. The number of alkyl halides is 1. The quantitative estimate of drug-likeness (QED) is 0.749. The molecule has 1 aliphatic rings. The molecule has 2 aromatic rings. The Hall–Kier alpha value is -2.42. The molecule has 1 saturated heterocycles. The molecule has 27 heavy (non-hydrogen) atoms. The normalized spacial score (nSPS) is 22.3. The first kappa shape index (κ1) is 19.3. The third-order valence-electron chi connectivity index (χ3n) is 4.45. The smallest absolute Gasteiger partial charge is 0.255 e. The summed E-state index contributed by atoms with van der Waals surface area (Å²) < 4.78 is 26.1. The fourth-order valence-electron chi connectivity index (χ4n) is 3.11. The number of nitrogens with two attached hydrogens (primary N) is 1. The molecular weight excluding hydrogens is 373 g/mol. The molecule has 0 bridgehead atoms. The molecule has 2 amide bonds. The Kier molecular flexibility index (Phi) is 5.50. The molecule has 1 aliphatic heterocycles. The molecule has 7 nitrogen and oxygen atoms in total. The topological polar surface area (TPSA) is 104 Å². The number of nitrogens with one attached hydrogen (secondary N) is 1. The van der Waals surface area contributed by atoms with E-state index in [-0.39, 0.29) is 24.2 Å². The Balaban J connectivity index is 1.85. The van der Waals surface area contributed by atoms with Gasteiger partial charge < -0.3 is 20.5 Å². The Morgan fingerprint density at radius 1 is 1.48 bits per heavy atom. The summed E-state index contributed by atoms with van der Waals surface area (Å²) in [5, 5.41) is 4.39. The number of carbonyl (C=O) groups is 2. The van der Waals surface area contributed by atoms with Gasteiger partial charge >= 0.3 is 0 Å². The molecule has 3 rings (SSSR count). The zero-order chi connectivity index (χ0) is 19.7. The average molecular weight is 395 g/mol. The molecule has 0 spiro atoms. The molecule has 3 atom stereocenters. The van der Waals surface area contributed by atoms with Crippen LogP contribution in [-0.2, 0) is 4.79 Å². The monoisotopic (exact) mass is 395 g/mol. The Morgan fingerprint density at radius 2 is 2.22 bits per heavy atom. The fraction of sp³-hybridized carbons (Fsp3) is 0.500. The van der Waals surface area contributed by atoms with Crippen LogP contribution < -0.4 is 20.5 Å². The molecule has 0 aliphatic carbocycles. The number of nitrogens with zero attached hydrogens (tertiary/aromatic N) is 1. The Morgan fingerprint density at radius 3 is 2.85 bits per heavy atom. The zero-order valence-corrected chi connectivity index (χ0v) is 16.1. The first-order valence-corrected chi connectivity index (χ1v) is 9.65. The summed E-state index contributed by atoms with van der Waals surface area (Å²) >= 11 is 1.35. The zero-order valence-electron chi connectivity index (χ0n) is 15.3. The molecule has 2 aromatic heterocycles. The number of fused-ring (bicyclic) bond motifs is 1. The van der Waals surface area contributed by atoms with E-state index in [2.05, 4.69) is 10.3 Å². The minimum absolute atomic E-state index is 0.135. The van der Waals surface area contributed by atoms with Crippen LogP contribution in [0.5, 0.6) is 11.6 Å². The van der Waals surface area contributed by atoms with Crippen molar-refractivity contribution in [2.45, 2.75) is 45.5 Å². The van der Waals surface area contributed by atoms with Crippen molar-refractivity contribution < 1.29 is 23.5 Å². The predicted molar refractivity (Wildman–Crippen MR) is 100 cm³/mol. The van der Waals surface area contributed by atoms with E-state index in [1.165, 1.54) is 11.3 Å². The molecule has 0 radical (unpaired) electrons. The van der Waals surface area contributed by atoms with Gasteiger partial charge in [-0.25, -0.2) is 9.37 Å². The van der Waals surface area contributed by atoms with E-state index in [4.69, 9.17) is 15.2 Å². The second kappa shape index (κ2) is 7.67. The van der Waals surface area contributed by atoms with Gasteiger partial charge in [-0.15, -0.1) is 11.3 Å². The first-order chi connectivity index (χ1) is 12.8. The highest BCUT2D eigenvalue weighted by Crippen LogP contribution is 2.35. The van der Waals surface area contributed by atoms with Crippen LogP contribution in [-0.4, -0.2) is 41.7 Å². The number of primary amides is 1. The van der Waals surface area contributed by atoms with Gasteiger partial charge in [-0.3, -0.25) is 9.59 Å². The predicted octanol–water partition coefficient (Wildman–Crippen LogP) is 2.42. The van der Waals surface area contributed by atoms with Gasteiger partial charge in [-0.05, 0) is 26.3 Å². The number of carbonyl (C=O) groups excluding carboxylic acids is 2. The van der Waals surface area contributed by atoms with Gasteiger partial charge in [0, 0.05) is 11.3 Å². The van der Waals surface area contributed by atoms with Crippen LogP contribution in [0.2, 0.25) is 0 Å². The van der Waals surface area contributed by atoms with Crippen molar-refractivity contribution in [1.29, 1.82) is 0 Å². The lowest BCUT2D eigenvalue weighted by atomic mass is 9.97. The molecule has 146 valence electrons. The summed E-state index contributed by atoms with van der Waals surface area (Å²) in [6, 6.07) is 1.23. The lowest BCUT2D eigenvalue weighted by Gasteiger charge is -2.18. The minimum atomic E-state index is -1.51. The third kappa shape index (κ3) is 3.83. The largest absolute Gasteiger partial charge is 0.488 e. The number of amides is 2. The number of hydrogen-bond donors (Lipinski definition) is 2. The summed E-state index contributed by atoms with van der Waals surface area (Å²) in [4.78, 5) is 27.7.